The lowest BCUT2D eigenvalue weighted by molar-refractivity contribution is -0.137. The maximum absolute atomic E-state index is 11.8. The first-order valence-electron chi connectivity index (χ1n) is 7.09. The molecule has 0 spiro atoms. The first kappa shape index (κ1) is 15.2. The number of rotatable bonds is 6. The molecule has 6 nitrogen and oxygen atoms in total. The summed E-state index contributed by atoms with van der Waals surface area (Å²) in [6.45, 7) is 2.23. The fraction of sp³-hybridized carbons (Fsp3) is 0.467. The Balaban J connectivity index is 1.74. The van der Waals surface area contributed by atoms with Crippen molar-refractivity contribution in [2.24, 2.45) is 0 Å². The largest absolute Gasteiger partial charge is 0.488 e. The van der Waals surface area contributed by atoms with Crippen LogP contribution in [-0.2, 0) is 11.2 Å². The van der Waals surface area contributed by atoms with Crippen LogP contribution in [0.4, 0.5) is 4.79 Å². The Morgan fingerprint density at radius 1 is 1.43 bits per heavy atom. The van der Waals surface area contributed by atoms with Crippen LogP contribution in [-0.4, -0.2) is 35.8 Å². The fourth-order valence-corrected chi connectivity index (χ4v) is 2.32. The van der Waals surface area contributed by atoms with Gasteiger partial charge in [-0.3, -0.25) is 4.79 Å². The van der Waals surface area contributed by atoms with Gasteiger partial charge in [0.1, 0.15) is 11.9 Å². The number of fused-ring (bicyclic) bond motifs is 1. The molecule has 2 atom stereocenters. The minimum absolute atomic E-state index is 0.0741. The van der Waals surface area contributed by atoms with Crippen LogP contribution in [0, 0.1) is 0 Å². The molecule has 2 rings (SSSR count). The van der Waals surface area contributed by atoms with Crippen molar-refractivity contribution < 1.29 is 19.4 Å². The summed E-state index contributed by atoms with van der Waals surface area (Å²) in [6.07, 6.45) is 1.19. The second kappa shape index (κ2) is 6.97. The van der Waals surface area contributed by atoms with Gasteiger partial charge in [-0.05, 0) is 18.1 Å². The molecule has 0 radical (unpaired) electrons. The lowest BCUT2D eigenvalue weighted by atomic mass is 10.1. The zero-order chi connectivity index (χ0) is 15.2. The van der Waals surface area contributed by atoms with Gasteiger partial charge in [-0.2, -0.15) is 0 Å². The van der Waals surface area contributed by atoms with E-state index >= 15 is 0 Å². The van der Waals surface area contributed by atoms with E-state index in [1.54, 1.807) is 0 Å². The predicted octanol–water partition coefficient (Wildman–Crippen LogP) is 1.54. The van der Waals surface area contributed by atoms with Crippen LogP contribution in [0.2, 0.25) is 0 Å². The third-order valence-corrected chi connectivity index (χ3v) is 3.45. The van der Waals surface area contributed by atoms with Gasteiger partial charge in [-0.25, -0.2) is 4.79 Å². The molecular formula is C15H20N2O4. The summed E-state index contributed by atoms with van der Waals surface area (Å²) in [5.74, 6) is -0.0567. The summed E-state index contributed by atoms with van der Waals surface area (Å²) in [7, 11) is 0. The Morgan fingerprint density at radius 3 is 2.86 bits per heavy atom. The van der Waals surface area contributed by atoms with Crippen molar-refractivity contribution >= 4 is 12.0 Å². The second-order valence-electron chi connectivity index (χ2n) is 5.11. The minimum Gasteiger partial charge on any atom is -0.488 e. The monoisotopic (exact) mass is 292 g/mol. The van der Waals surface area contributed by atoms with E-state index in [0.717, 1.165) is 17.7 Å². The molecule has 0 bridgehead atoms. The summed E-state index contributed by atoms with van der Waals surface area (Å²) in [4.78, 5) is 22.4. The predicted molar refractivity (Wildman–Crippen MR) is 77.4 cm³/mol. The number of nitrogens with one attached hydrogen (secondary N) is 2. The van der Waals surface area contributed by atoms with Crippen LogP contribution in [0.3, 0.4) is 0 Å². The van der Waals surface area contributed by atoms with Crippen LogP contribution in [0.5, 0.6) is 5.75 Å². The van der Waals surface area contributed by atoms with Gasteiger partial charge in [-0.1, -0.05) is 25.1 Å². The number of carbonyl (C=O) groups excluding carboxylic acids is 1. The third kappa shape index (κ3) is 4.37. The first-order chi connectivity index (χ1) is 10.1. The molecule has 114 valence electrons. The molecule has 0 aromatic heterocycles. The smallest absolute Gasteiger partial charge is 0.315 e. The Hall–Kier alpha value is -2.24. The highest BCUT2D eigenvalue weighted by atomic mass is 16.5. The van der Waals surface area contributed by atoms with Gasteiger partial charge >= 0.3 is 12.0 Å². The van der Waals surface area contributed by atoms with E-state index in [1.165, 1.54) is 0 Å². The lowest BCUT2D eigenvalue weighted by Crippen LogP contribution is -2.45. The highest BCUT2D eigenvalue weighted by molar-refractivity contribution is 5.75. The lowest BCUT2D eigenvalue weighted by Gasteiger charge is -2.17. The summed E-state index contributed by atoms with van der Waals surface area (Å²) >= 11 is 0. The number of amides is 2. The summed E-state index contributed by atoms with van der Waals surface area (Å²) in [6, 6.07) is 7.08. The van der Waals surface area contributed by atoms with Crippen molar-refractivity contribution in [3.8, 4) is 5.75 Å². The molecular weight excluding hydrogens is 272 g/mol. The molecule has 1 aromatic carbocycles. The van der Waals surface area contributed by atoms with E-state index in [-0.39, 0.29) is 24.6 Å². The molecule has 1 aliphatic rings. The number of aliphatic carboxylic acids is 1. The van der Waals surface area contributed by atoms with Crippen molar-refractivity contribution in [1.82, 2.24) is 10.6 Å². The summed E-state index contributed by atoms with van der Waals surface area (Å²) in [5, 5.41) is 14.1. The van der Waals surface area contributed by atoms with Crippen LogP contribution in [0.25, 0.3) is 0 Å². The van der Waals surface area contributed by atoms with Gasteiger partial charge in [0.25, 0.3) is 0 Å². The van der Waals surface area contributed by atoms with Gasteiger partial charge in [0.15, 0.2) is 0 Å². The topological polar surface area (TPSA) is 87.7 Å². The molecule has 0 fully saturated rings. The van der Waals surface area contributed by atoms with Crippen molar-refractivity contribution in [3.63, 3.8) is 0 Å². The van der Waals surface area contributed by atoms with Crippen LogP contribution < -0.4 is 15.4 Å². The molecule has 3 N–H and O–H groups in total. The maximum Gasteiger partial charge on any atom is 0.315 e. The second-order valence-corrected chi connectivity index (χ2v) is 5.11. The molecule has 21 heavy (non-hydrogen) atoms. The highest BCUT2D eigenvalue weighted by Crippen LogP contribution is 2.27. The van der Waals surface area contributed by atoms with Crippen LogP contribution in [0.1, 0.15) is 25.3 Å². The molecule has 1 aliphatic heterocycles. The Kier molecular flexibility index (Phi) is 5.03. The molecule has 1 heterocycles. The van der Waals surface area contributed by atoms with E-state index in [4.69, 9.17) is 9.84 Å². The number of benzene rings is 1. The normalized spacial score (nSPS) is 17.5. The number of urea groups is 1. The number of carboxylic acid groups (broad SMARTS) is 1. The average Bonchev–Trinajstić information content (AvgIpc) is 2.86. The molecule has 2 unspecified atom stereocenters. The number of para-hydroxylation sites is 1. The molecule has 0 saturated carbocycles. The summed E-state index contributed by atoms with van der Waals surface area (Å²) in [5.41, 5.74) is 1.14. The number of hydrogen-bond donors (Lipinski definition) is 3. The van der Waals surface area contributed by atoms with Crippen molar-refractivity contribution in [3.05, 3.63) is 29.8 Å². The average molecular weight is 292 g/mol. The summed E-state index contributed by atoms with van der Waals surface area (Å²) < 4.78 is 5.72. The molecule has 0 aliphatic carbocycles. The van der Waals surface area contributed by atoms with E-state index < -0.39 is 5.97 Å². The third-order valence-electron chi connectivity index (χ3n) is 3.45. The van der Waals surface area contributed by atoms with Crippen LogP contribution >= 0.6 is 0 Å². The highest BCUT2D eigenvalue weighted by Gasteiger charge is 2.23. The van der Waals surface area contributed by atoms with Crippen LogP contribution in [0.15, 0.2) is 24.3 Å². The fourth-order valence-electron chi connectivity index (χ4n) is 2.32. The SMILES string of the molecule is CCC(CC(=O)O)NC(=O)NCC1Cc2ccccc2O1. The van der Waals surface area contributed by atoms with Gasteiger partial charge in [0.05, 0.1) is 13.0 Å². The Bertz CT molecular complexity index is 493. The number of hydrogen-bond acceptors (Lipinski definition) is 3. The molecule has 6 heteroatoms. The van der Waals surface area contributed by atoms with Crippen molar-refractivity contribution in [2.75, 3.05) is 6.54 Å². The number of carboxylic acids is 1. The number of carbonyl (C=O) groups is 2. The van der Waals surface area contributed by atoms with E-state index in [0.29, 0.717) is 13.0 Å². The first-order valence-corrected chi connectivity index (χ1v) is 7.09. The zero-order valence-corrected chi connectivity index (χ0v) is 12.0. The Morgan fingerprint density at radius 2 is 2.19 bits per heavy atom. The minimum atomic E-state index is -0.920. The van der Waals surface area contributed by atoms with Gasteiger partial charge < -0.3 is 20.5 Å². The molecule has 2 amide bonds. The molecule has 0 saturated heterocycles. The van der Waals surface area contributed by atoms with Gasteiger partial charge in [0.2, 0.25) is 0 Å². The molecule has 1 aromatic rings. The standard InChI is InChI=1S/C15H20N2O4/c1-2-11(8-14(18)19)17-15(20)16-9-12-7-10-5-3-4-6-13(10)21-12/h3-6,11-12H,2,7-9H2,1H3,(H,18,19)(H2,16,17,20). The van der Waals surface area contributed by atoms with Gasteiger partial charge in [-0.15, -0.1) is 0 Å². The van der Waals surface area contributed by atoms with E-state index in [1.807, 2.05) is 31.2 Å². The van der Waals surface area contributed by atoms with Crippen molar-refractivity contribution in [1.29, 1.82) is 0 Å². The zero-order valence-electron chi connectivity index (χ0n) is 12.0. The maximum atomic E-state index is 11.8. The number of ether oxygens (including phenoxy) is 1. The van der Waals surface area contributed by atoms with Gasteiger partial charge in [0, 0.05) is 12.5 Å². The van der Waals surface area contributed by atoms with E-state index in [9.17, 15) is 9.59 Å². The quantitative estimate of drug-likeness (QED) is 0.742. The Labute approximate surface area is 123 Å². The van der Waals surface area contributed by atoms with Crippen molar-refractivity contribution in [2.45, 2.75) is 38.3 Å². The van der Waals surface area contributed by atoms with E-state index in [2.05, 4.69) is 10.6 Å².